The first kappa shape index (κ1) is 21.9. The van der Waals surface area contributed by atoms with E-state index in [1.165, 1.54) is 0 Å². The summed E-state index contributed by atoms with van der Waals surface area (Å²) >= 11 is 0. The minimum absolute atomic E-state index is 0.138. The maximum absolute atomic E-state index is 14.0. The number of benzene rings is 1. The van der Waals surface area contributed by atoms with Gasteiger partial charge < -0.3 is 15.4 Å². The lowest BCUT2D eigenvalue weighted by Crippen LogP contribution is -2.41. The van der Waals surface area contributed by atoms with Gasteiger partial charge in [0.1, 0.15) is 22.6 Å². The van der Waals surface area contributed by atoms with E-state index in [4.69, 9.17) is 20.4 Å². The molecule has 5 rings (SSSR count). The Bertz CT molecular complexity index is 1450. The molecule has 0 aliphatic carbocycles. The predicted molar refractivity (Wildman–Crippen MR) is 130 cm³/mol. The average Bonchev–Trinajstić information content (AvgIpc) is 3.38. The zero-order valence-corrected chi connectivity index (χ0v) is 20.4. The number of aromatic nitrogens is 5. The fourth-order valence-corrected chi connectivity index (χ4v) is 4.94. The number of carbonyl (C=O) groups is 1. The van der Waals surface area contributed by atoms with Crippen LogP contribution in [0.5, 0.6) is 5.75 Å². The maximum atomic E-state index is 14.0. The molecule has 3 aromatic heterocycles. The van der Waals surface area contributed by atoms with Crippen molar-refractivity contribution in [3.05, 3.63) is 58.2 Å². The van der Waals surface area contributed by atoms with Gasteiger partial charge in [-0.2, -0.15) is 5.10 Å². The second-order valence-corrected chi connectivity index (χ2v) is 8.87. The molecule has 4 aromatic rings. The smallest absolute Gasteiger partial charge is 0.260 e. The Morgan fingerprint density at radius 2 is 1.82 bits per heavy atom. The molecule has 1 unspecified atom stereocenters. The molecule has 0 saturated heterocycles. The Kier molecular flexibility index (Phi) is 5.07. The van der Waals surface area contributed by atoms with Crippen LogP contribution in [0, 0.1) is 27.7 Å². The van der Waals surface area contributed by atoms with Crippen LogP contribution in [-0.2, 0) is 6.54 Å². The molecule has 2 N–H and O–H groups in total. The van der Waals surface area contributed by atoms with Crippen molar-refractivity contribution in [2.75, 3.05) is 19.4 Å². The highest BCUT2D eigenvalue weighted by Gasteiger charge is 2.34. The summed E-state index contributed by atoms with van der Waals surface area (Å²) < 4.78 is 9.37. The number of aryl methyl sites for hydroxylation is 3. The normalized spacial score (nSPS) is 15.6. The molecular formula is C25H29N7O2. The molecule has 0 fully saturated rings. The van der Waals surface area contributed by atoms with Gasteiger partial charge in [0.15, 0.2) is 5.65 Å². The van der Waals surface area contributed by atoms with Crippen LogP contribution >= 0.6 is 0 Å². The van der Waals surface area contributed by atoms with E-state index in [1.807, 2.05) is 67.0 Å². The number of hydrogen-bond donors (Lipinski definition) is 1. The first-order valence-electron chi connectivity index (χ1n) is 11.4. The van der Waals surface area contributed by atoms with Crippen molar-refractivity contribution < 1.29 is 9.53 Å². The highest BCUT2D eigenvalue weighted by atomic mass is 16.5. The predicted octanol–water partition coefficient (Wildman–Crippen LogP) is 3.66. The molecule has 1 aliphatic rings. The summed E-state index contributed by atoms with van der Waals surface area (Å²) in [6.45, 7) is 11.0. The monoisotopic (exact) mass is 459 g/mol. The molecule has 9 heteroatoms. The largest absolute Gasteiger partial charge is 0.496 e. The van der Waals surface area contributed by atoms with Crippen molar-refractivity contribution in [1.29, 1.82) is 0 Å². The average molecular weight is 460 g/mol. The standard InChI is InChI=1S/C25H29N7O2/c1-13-7-8-19(34-6)14(2)22(13)32-23(26)20(21-24(32)29-16(4)15(3)28-21)25(33)30-11-12-31-18(17(30)5)9-10-27-31/h7-10,17H,11-12,26H2,1-6H3. The summed E-state index contributed by atoms with van der Waals surface area (Å²) in [5, 5.41) is 4.36. The lowest BCUT2D eigenvalue weighted by molar-refractivity contribution is 0.0639. The number of anilines is 1. The van der Waals surface area contributed by atoms with Gasteiger partial charge in [0.25, 0.3) is 5.91 Å². The van der Waals surface area contributed by atoms with Crippen LogP contribution in [0.2, 0.25) is 0 Å². The minimum Gasteiger partial charge on any atom is -0.496 e. The summed E-state index contributed by atoms with van der Waals surface area (Å²) in [7, 11) is 1.64. The Morgan fingerprint density at radius 3 is 2.56 bits per heavy atom. The summed E-state index contributed by atoms with van der Waals surface area (Å²) in [5.74, 6) is 0.914. The number of hydrogen-bond acceptors (Lipinski definition) is 6. The van der Waals surface area contributed by atoms with E-state index in [0.29, 0.717) is 35.6 Å². The molecule has 1 atom stereocenters. The summed E-state index contributed by atoms with van der Waals surface area (Å²) in [6, 6.07) is 5.73. The Morgan fingerprint density at radius 1 is 1.09 bits per heavy atom. The highest BCUT2D eigenvalue weighted by molar-refractivity contribution is 6.10. The third-order valence-electron chi connectivity index (χ3n) is 6.93. The fraction of sp³-hybridized carbons (Fsp3) is 0.360. The van der Waals surface area contributed by atoms with Crippen molar-refractivity contribution in [1.82, 2.24) is 29.2 Å². The molecule has 0 saturated carbocycles. The lowest BCUT2D eigenvalue weighted by Gasteiger charge is -2.34. The van der Waals surface area contributed by atoms with E-state index in [0.717, 1.165) is 39.6 Å². The van der Waals surface area contributed by atoms with Gasteiger partial charge in [-0.05, 0) is 52.3 Å². The first-order valence-corrected chi connectivity index (χ1v) is 11.4. The number of rotatable bonds is 3. The van der Waals surface area contributed by atoms with Crippen LogP contribution in [0.3, 0.4) is 0 Å². The minimum atomic E-state index is -0.156. The molecular weight excluding hydrogens is 430 g/mol. The van der Waals surface area contributed by atoms with E-state index < -0.39 is 0 Å². The number of methoxy groups -OCH3 is 1. The Hall–Kier alpha value is -3.88. The number of fused-ring (bicyclic) bond motifs is 2. The van der Waals surface area contributed by atoms with Gasteiger partial charge >= 0.3 is 0 Å². The summed E-state index contributed by atoms with van der Waals surface area (Å²) in [5.41, 5.74) is 13.6. The van der Waals surface area contributed by atoms with Gasteiger partial charge in [0.05, 0.1) is 42.5 Å². The van der Waals surface area contributed by atoms with Crippen molar-refractivity contribution in [2.45, 2.75) is 47.2 Å². The van der Waals surface area contributed by atoms with Gasteiger partial charge in [-0.1, -0.05) is 6.07 Å². The Balaban J connectivity index is 1.76. The van der Waals surface area contributed by atoms with Crippen molar-refractivity contribution in [3.8, 4) is 11.4 Å². The molecule has 176 valence electrons. The molecule has 34 heavy (non-hydrogen) atoms. The molecule has 1 aliphatic heterocycles. The third-order valence-corrected chi connectivity index (χ3v) is 6.93. The van der Waals surface area contributed by atoms with Crippen LogP contribution in [0.4, 0.5) is 5.82 Å². The van der Waals surface area contributed by atoms with Gasteiger partial charge in [0, 0.05) is 18.3 Å². The van der Waals surface area contributed by atoms with Crippen LogP contribution in [0.15, 0.2) is 24.4 Å². The van der Waals surface area contributed by atoms with Gasteiger partial charge in [0.2, 0.25) is 0 Å². The second-order valence-electron chi connectivity index (χ2n) is 8.87. The summed E-state index contributed by atoms with van der Waals surface area (Å²) in [6.07, 6.45) is 1.77. The van der Waals surface area contributed by atoms with Gasteiger partial charge in [-0.15, -0.1) is 0 Å². The van der Waals surface area contributed by atoms with E-state index in [9.17, 15) is 4.79 Å². The van der Waals surface area contributed by atoms with Crippen molar-refractivity contribution in [3.63, 3.8) is 0 Å². The van der Waals surface area contributed by atoms with Gasteiger partial charge in [-0.3, -0.25) is 14.0 Å². The SMILES string of the molecule is COc1ccc(C)c(-n2c(N)c(C(=O)N3CCn4nccc4C3C)c3nc(C)c(C)nc32)c1C. The molecule has 1 amide bonds. The van der Waals surface area contributed by atoms with Gasteiger partial charge in [-0.25, -0.2) is 9.97 Å². The van der Waals surface area contributed by atoms with Crippen molar-refractivity contribution in [2.24, 2.45) is 0 Å². The lowest BCUT2D eigenvalue weighted by atomic mass is 10.1. The molecule has 9 nitrogen and oxygen atoms in total. The van der Waals surface area contributed by atoms with Crippen LogP contribution in [0.1, 0.15) is 51.5 Å². The molecule has 0 spiro atoms. The zero-order valence-electron chi connectivity index (χ0n) is 20.4. The maximum Gasteiger partial charge on any atom is 0.260 e. The number of nitrogens with zero attached hydrogens (tertiary/aromatic N) is 6. The molecule has 1 aromatic carbocycles. The molecule has 4 heterocycles. The molecule has 0 bridgehead atoms. The molecule has 0 radical (unpaired) electrons. The topological polar surface area (TPSA) is 104 Å². The van der Waals surface area contributed by atoms with E-state index >= 15 is 0 Å². The second kappa shape index (κ2) is 7.86. The zero-order chi connectivity index (χ0) is 24.3. The van der Waals surface area contributed by atoms with E-state index in [2.05, 4.69) is 5.10 Å². The quantitative estimate of drug-likeness (QED) is 0.501. The number of carbonyl (C=O) groups excluding carboxylic acids is 1. The van der Waals surface area contributed by atoms with E-state index in [-0.39, 0.29) is 11.9 Å². The number of amides is 1. The van der Waals surface area contributed by atoms with Crippen LogP contribution in [-0.4, -0.2) is 48.8 Å². The highest BCUT2D eigenvalue weighted by Crippen LogP contribution is 2.37. The number of ether oxygens (including phenoxy) is 1. The fourth-order valence-electron chi connectivity index (χ4n) is 4.94. The number of nitrogen functional groups attached to an aromatic ring is 1. The van der Waals surface area contributed by atoms with E-state index in [1.54, 1.807) is 13.3 Å². The van der Waals surface area contributed by atoms with Crippen LogP contribution in [0.25, 0.3) is 16.9 Å². The Labute approximate surface area is 198 Å². The number of nitrogens with two attached hydrogens (primary N) is 1. The van der Waals surface area contributed by atoms with Crippen LogP contribution < -0.4 is 10.5 Å². The summed E-state index contributed by atoms with van der Waals surface area (Å²) in [4.78, 5) is 25.5. The first-order chi connectivity index (χ1) is 16.2. The third kappa shape index (κ3) is 3.07. The van der Waals surface area contributed by atoms with Crippen molar-refractivity contribution >= 4 is 22.9 Å².